The van der Waals surface area contributed by atoms with E-state index in [1.54, 1.807) is 11.3 Å². The van der Waals surface area contributed by atoms with Crippen LogP contribution < -0.4 is 11.1 Å². The first-order valence-corrected chi connectivity index (χ1v) is 5.43. The number of nitrogens with one attached hydrogen (secondary N) is 1. The number of hydrogen-bond acceptors (Lipinski definition) is 3. The molecule has 0 aromatic carbocycles. The molecule has 0 saturated heterocycles. The third-order valence-electron chi connectivity index (χ3n) is 2.02. The zero-order valence-electron chi connectivity index (χ0n) is 7.09. The fraction of sp³-hybridized carbons (Fsp3) is 0.333. The average Bonchev–Trinajstić information content (AvgIpc) is 2.51. The molecule has 1 aliphatic heterocycles. The predicted octanol–water partition coefficient (Wildman–Crippen LogP) is 1.72. The van der Waals surface area contributed by atoms with E-state index in [-0.39, 0.29) is 6.04 Å². The van der Waals surface area contributed by atoms with Crippen LogP contribution in [0, 0.1) is 0 Å². The molecular weight excluding hydrogens is 204 g/mol. The molecule has 70 valence electrons. The highest BCUT2D eigenvalue weighted by Gasteiger charge is 2.13. The van der Waals surface area contributed by atoms with E-state index >= 15 is 0 Å². The summed E-state index contributed by atoms with van der Waals surface area (Å²) in [7, 11) is 0. The monoisotopic (exact) mass is 214 g/mol. The van der Waals surface area contributed by atoms with Crippen LogP contribution in [-0.2, 0) is 0 Å². The number of hydrogen-bond donors (Lipinski definition) is 2. The quantitative estimate of drug-likeness (QED) is 0.747. The van der Waals surface area contributed by atoms with Crippen molar-refractivity contribution in [3.05, 3.63) is 27.4 Å². The molecule has 2 rings (SSSR count). The van der Waals surface area contributed by atoms with E-state index < -0.39 is 0 Å². The van der Waals surface area contributed by atoms with Gasteiger partial charge >= 0.3 is 0 Å². The molecule has 0 radical (unpaired) electrons. The van der Waals surface area contributed by atoms with Crippen molar-refractivity contribution < 1.29 is 0 Å². The van der Waals surface area contributed by atoms with Gasteiger partial charge < -0.3 is 11.1 Å². The van der Waals surface area contributed by atoms with Crippen LogP contribution in [0.3, 0.4) is 0 Å². The molecule has 0 aliphatic carbocycles. The minimum absolute atomic E-state index is 0.113. The lowest BCUT2D eigenvalue weighted by atomic mass is 10.1. The van der Waals surface area contributed by atoms with E-state index in [2.05, 4.69) is 11.4 Å². The highest BCUT2D eigenvalue weighted by Crippen LogP contribution is 2.29. The van der Waals surface area contributed by atoms with Crippen molar-refractivity contribution in [2.45, 2.75) is 6.04 Å². The summed E-state index contributed by atoms with van der Waals surface area (Å²) < 4.78 is 0. The zero-order valence-corrected chi connectivity index (χ0v) is 8.66. The summed E-state index contributed by atoms with van der Waals surface area (Å²) in [6.07, 6.45) is 2.09. The Morgan fingerprint density at radius 2 is 2.46 bits per heavy atom. The molecule has 0 amide bonds. The maximum Gasteiger partial charge on any atom is 0.0589 e. The zero-order chi connectivity index (χ0) is 9.26. The fourth-order valence-electron chi connectivity index (χ4n) is 1.43. The number of thiophene rings is 1. The molecule has 1 aromatic rings. The third-order valence-corrected chi connectivity index (χ3v) is 3.44. The highest BCUT2D eigenvalue weighted by atomic mass is 35.5. The van der Waals surface area contributed by atoms with Gasteiger partial charge in [0.15, 0.2) is 0 Å². The molecule has 0 fully saturated rings. The summed E-state index contributed by atoms with van der Waals surface area (Å²) in [6.45, 7) is 1.72. The first-order valence-electron chi connectivity index (χ1n) is 4.18. The van der Waals surface area contributed by atoms with Gasteiger partial charge in [0.1, 0.15) is 0 Å². The summed E-state index contributed by atoms with van der Waals surface area (Å²) in [6, 6.07) is 2.03. The van der Waals surface area contributed by atoms with Gasteiger partial charge in [-0.15, -0.1) is 11.3 Å². The largest absolute Gasteiger partial charge is 0.323 e. The van der Waals surface area contributed by atoms with E-state index in [4.69, 9.17) is 17.3 Å². The van der Waals surface area contributed by atoms with Crippen molar-refractivity contribution in [3.63, 3.8) is 0 Å². The predicted molar refractivity (Wildman–Crippen MR) is 58.2 cm³/mol. The summed E-state index contributed by atoms with van der Waals surface area (Å²) in [5.74, 6) is 0. The van der Waals surface area contributed by atoms with E-state index in [0.717, 1.165) is 23.0 Å². The Morgan fingerprint density at radius 3 is 3.08 bits per heavy atom. The number of rotatable bonds is 1. The van der Waals surface area contributed by atoms with Gasteiger partial charge in [0, 0.05) is 24.0 Å². The Morgan fingerprint density at radius 1 is 1.62 bits per heavy atom. The Hall–Kier alpha value is -0.350. The van der Waals surface area contributed by atoms with E-state index in [1.807, 2.05) is 11.4 Å². The molecule has 13 heavy (non-hydrogen) atoms. The molecule has 1 atom stereocenters. The summed E-state index contributed by atoms with van der Waals surface area (Å²) >= 11 is 7.68. The number of halogens is 1. The van der Waals surface area contributed by atoms with Crippen molar-refractivity contribution in [3.8, 4) is 0 Å². The van der Waals surface area contributed by atoms with Crippen LogP contribution in [0.25, 0.3) is 5.57 Å². The second-order valence-electron chi connectivity index (χ2n) is 3.08. The van der Waals surface area contributed by atoms with Crippen molar-refractivity contribution in [1.29, 1.82) is 0 Å². The molecule has 4 heteroatoms. The molecule has 1 aromatic heterocycles. The Labute approximate surface area is 86.4 Å². The first kappa shape index (κ1) is 9.21. The van der Waals surface area contributed by atoms with Gasteiger partial charge in [0.2, 0.25) is 0 Å². The van der Waals surface area contributed by atoms with E-state index in [9.17, 15) is 0 Å². The van der Waals surface area contributed by atoms with E-state index in [1.165, 1.54) is 5.57 Å². The third kappa shape index (κ3) is 1.94. The SMILES string of the molecule is NC1C=C(c2sccc2Cl)CNC1. The molecule has 2 heterocycles. The minimum atomic E-state index is 0.113. The van der Waals surface area contributed by atoms with Crippen LogP contribution in [0.1, 0.15) is 4.88 Å². The maximum atomic E-state index is 6.02. The van der Waals surface area contributed by atoms with Crippen LogP contribution in [0.5, 0.6) is 0 Å². The van der Waals surface area contributed by atoms with Crippen molar-refractivity contribution >= 4 is 28.5 Å². The van der Waals surface area contributed by atoms with E-state index in [0.29, 0.717) is 0 Å². The second-order valence-corrected chi connectivity index (χ2v) is 4.41. The Kier molecular flexibility index (Phi) is 2.69. The summed E-state index contributed by atoms with van der Waals surface area (Å²) in [5, 5.41) is 6.08. The van der Waals surface area contributed by atoms with Crippen LogP contribution >= 0.6 is 22.9 Å². The smallest absolute Gasteiger partial charge is 0.0589 e. The first-order chi connectivity index (χ1) is 6.27. The molecule has 0 spiro atoms. The Bertz CT molecular complexity index is 332. The lowest BCUT2D eigenvalue weighted by molar-refractivity contribution is 0.663. The van der Waals surface area contributed by atoms with Gasteiger partial charge in [0.25, 0.3) is 0 Å². The van der Waals surface area contributed by atoms with Crippen LogP contribution in [-0.4, -0.2) is 19.1 Å². The maximum absolute atomic E-state index is 6.02. The summed E-state index contributed by atoms with van der Waals surface area (Å²) in [5.41, 5.74) is 7.03. The topological polar surface area (TPSA) is 38.0 Å². The molecule has 1 aliphatic rings. The molecule has 0 bridgehead atoms. The van der Waals surface area contributed by atoms with Gasteiger partial charge in [-0.05, 0) is 17.0 Å². The second kappa shape index (κ2) is 3.80. The lowest BCUT2D eigenvalue weighted by Gasteiger charge is -2.18. The van der Waals surface area contributed by atoms with Crippen molar-refractivity contribution in [1.82, 2.24) is 5.32 Å². The highest BCUT2D eigenvalue weighted by molar-refractivity contribution is 7.11. The summed E-state index contributed by atoms with van der Waals surface area (Å²) in [4.78, 5) is 1.14. The minimum Gasteiger partial charge on any atom is -0.323 e. The van der Waals surface area contributed by atoms with Crippen LogP contribution in [0.4, 0.5) is 0 Å². The Balaban J connectivity index is 2.30. The molecular formula is C9H11ClN2S. The molecule has 2 nitrogen and oxygen atoms in total. The van der Waals surface area contributed by atoms with Crippen LogP contribution in [0.15, 0.2) is 17.5 Å². The molecule has 1 unspecified atom stereocenters. The van der Waals surface area contributed by atoms with Gasteiger partial charge in [-0.3, -0.25) is 0 Å². The van der Waals surface area contributed by atoms with Crippen molar-refractivity contribution in [2.24, 2.45) is 5.73 Å². The van der Waals surface area contributed by atoms with Gasteiger partial charge in [0.05, 0.1) is 5.02 Å². The normalized spacial score (nSPS) is 22.9. The van der Waals surface area contributed by atoms with Gasteiger partial charge in [-0.2, -0.15) is 0 Å². The van der Waals surface area contributed by atoms with Crippen molar-refractivity contribution in [2.75, 3.05) is 13.1 Å². The molecule has 0 saturated carbocycles. The van der Waals surface area contributed by atoms with Gasteiger partial charge in [-0.1, -0.05) is 17.7 Å². The molecule has 3 N–H and O–H groups in total. The van der Waals surface area contributed by atoms with Crippen LogP contribution in [0.2, 0.25) is 5.02 Å². The van der Waals surface area contributed by atoms with Gasteiger partial charge in [-0.25, -0.2) is 0 Å². The fourth-order valence-corrected chi connectivity index (χ4v) is 2.63. The average molecular weight is 215 g/mol. The standard InChI is InChI=1S/C9H11ClN2S/c10-8-1-2-13-9(8)6-3-7(11)5-12-4-6/h1-3,7,12H,4-5,11H2. The number of nitrogens with two attached hydrogens (primary N) is 1. The lowest BCUT2D eigenvalue weighted by Crippen LogP contribution is -2.37.